The molecule has 0 saturated heterocycles. The molecular formula is C20H23ClN4O3. The van der Waals surface area contributed by atoms with E-state index in [0.29, 0.717) is 16.5 Å². The molecule has 0 aliphatic rings. The van der Waals surface area contributed by atoms with E-state index in [0.717, 1.165) is 27.8 Å². The van der Waals surface area contributed by atoms with Crippen LogP contribution in [-0.2, 0) is 4.84 Å². The van der Waals surface area contributed by atoms with E-state index in [4.69, 9.17) is 21.2 Å². The van der Waals surface area contributed by atoms with Gasteiger partial charge in [0.15, 0.2) is 0 Å². The molecule has 148 valence electrons. The summed E-state index contributed by atoms with van der Waals surface area (Å²) in [4.78, 5) is 27.2. The number of carbonyl (C=O) groups is 1. The molecule has 8 heteroatoms. The summed E-state index contributed by atoms with van der Waals surface area (Å²) in [5.74, 6) is 0.892. The average molecular weight is 403 g/mol. The molecule has 3 aromatic rings. The van der Waals surface area contributed by atoms with Gasteiger partial charge in [-0.2, -0.15) is 4.98 Å². The number of anilines is 1. The quantitative estimate of drug-likeness (QED) is 0.608. The molecule has 0 spiro atoms. The fourth-order valence-electron chi connectivity index (χ4n) is 2.80. The number of ether oxygens (including phenoxy) is 1. The number of aromatic amines is 1. The monoisotopic (exact) mass is 402 g/mol. The standard InChI is InChI=1S/C20H23ClN4O3/c1-11(2)28-24-19(26)15-10-22-17-9-16(21)13(8-14(15)17)12-6-7-18(25(3)4)23-20(12)27-5/h6-11,22H,1-5H3,(H,24,26). The highest BCUT2D eigenvalue weighted by atomic mass is 35.5. The zero-order chi connectivity index (χ0) is 20.4. The summed E-state index contributed by atoms with van der Waals surface area (Å²) in [6, 6.07) is 7.43. The summed E-state index contributed by atoms with van der Waals surface area (Å²) in [6.07, 6.45) is 1.51. The first-order chi connectivity index (χ1) is 13.3. The Kier molecular flexibility index (Phi) is 5.76. The van der Waals surface area contributed by atoms with Crippen LogP contribution in [0.5, 0.6) is 5.88 Å². The minimum Gasteiger partial charge on any atom is -0.480 e. The molecule has 0 aliphatic heterocycles. The summed E-state index contributed by atoms with van der Waals surface area (Å²) in [5, 5.41) is 1.25. The van der Waals surface area contributed by atoms with Gasteiger partial charge >= 0.3 is 0 Å². The molecule has 3 rings (SSSR count). The number of methoxy groups -OCH3 is 1. The fraction of sp³-hybridized carbons (Fsp3) is 0.300. The van der Waals surface area contributed by atoms with Crippen molar-refractivity contribution in [1.82, 2.24) is 15.4 Å². The Bertz CT molecular complexity index is 1010. The molecule has 1 aromatic carbocycles. The van der Waals surface area contributed by atoms with E-state index >= 15 is 0 Å². The molecule has 0 unspecified atom stereocenters. The average Bonchev–Trinajstić information content (AvgIpc) is 3.07. The van der Waals surface area contributed by atoms with Gasteiger partial charge in [0.05, 0.1) is 23.8 Å². The van der Waals surface area contributed by atoms with Crippen LogP contribution in [0.4, 0.5) is 5.82 Å². The molecule has 2 N–H and O–H groups in total. The predicted octanol–water partition coefficient (Wildman–Crippen LogP) is 4.03. The van der Waals surface area contributed by atoms with Crippen molar-refractivity contribution in [3.63, 3.8) is 0 Å². The number of amides is 1. The van der Waals surface area contributed by atoms with Gasteiger partial charge in [0, 0.05) is 42.3 Å². The topological polar surface area (TPSA) is 79.5 Å². The van der Waals surface area contributed by atoms with E-state index in [2.05, 4.69) is 15.4 Å². The summed E-state index contributed by atoms with van der Waals surface area (Å²) < 4.78 is 5.48. The van der Waals surface area contributed by atoms with Gasteiger partial charge in [0.2, 0.25) is 5.88 Å². The number of hydroxylamine groups is 1. The third-order valence-corrected chi connectivity index (χ3v) is 4.50. The number of hydrogen-bond donors (Lipinski definition) is 2. The summed E-state index contributed by atoms with van der Waals surface area (Å²) in [5.41, 5.74) is 5.14. The van der Waals surface area contributed by atoms with Crippen molar-refractivity contribution in [3.8, 4) is 17.0 Å². The second-order valence-corrected chi connectivity index (χ2v) is 7.21. The maximum atomic E-state index is 12.5. The summed E-state index contributed by atoms with van der Waals surface area (Å²) >= 11 is 6.52. The minimum atomic E-state index is -0.332. The molecular weight excluding hydrogens is 380 g/mol. The molecule has 2 heterocycles. The van der Waals surface area contributed by atoms with Gasteiger partial charge < -0.3 is 14.6 Å². The second-order valence-electron chi connectivity index (χ2n) is 6.80. The molecule has 7 nitrogen and oxygen atoms in total. The highest BCUT2D eigenvalue weighted by Crippen LogP contribution is 2.38. The number of H-pyrrole nitrogens is 1. The molecule has 0 fully saturated rings. The van der Waals surface area contributed by atoms with Crippen molar-refractivity contribution in [3.05, 3.63) is 41.0 Å². The van der Waals surface area contributed by atoms with Crippen LogP contribution in [0.25, 0.3) is 22.0 Å². The van der Waals surface area contributed by atoms with E-state index in [1.54, 1.807) is 19.4 Å². The van der Waals surface area contributed by atoms with Crippen LogP contribution in [0.15, 0.2) is 30.5 Å². The van der Waals surface area contributed by atoms with Crippen LogP contribution >= 0.6 is 11.6 Å². The van der Waals surface area contributed by atoms with Crippen LogP contribution in [0.2, 0.25) is 5.02 Å². The number of carbonyl (C=O) groups excluding carboxylic acids is 1. The van der Waals surface area contributed by atoms with Gasteiger partial charge in [0.1, 0.15) is 5.82 Å². The first-order valence-electron chi connectivity index (χ1n) is 8.81. The third kappa shape index (κ3) is 3.90. The van der Waals surface area contributed by atoms with E-state index in [-0.39, 0.29) is 12.0 Å². The Labute approximate surface area is 168 Å². The van der Waals surface area contributed by atoms with Crippen LogP contribution in [-0.4, -0.2) is 43.2 Å². The van der Waals surface area contributed by atoms with E-state index in [9.17, 15) is 4.79 Å². The number of nitrogens with zero attached hydrogens (tertiary/aromatic N) is 2. The molecule has 2 aromatic heterocycles. The highest BCUT2D eigenvalue weighted by Gasteiger charge is 2.18. The third-order valence-electron chi connectivity index (χ3n) is 4.19. The number of rotatable bonds is 6. The fourth-order valence-corrected chi connectivity index (χ4v) is 3.07. The Morgan fingerprint density at radius 3 is 2.64 bits per heavy atom. The van der Waals surface area contributed by atoms with Crippen molar-refractivity contribution in [2.45, 2.75) is 20.0 Å². The Morgan fingerprint density at radius 2 is 2.00 bits per heavy atom. The van der Waals surface area contributed by atoms with Gasteiger partial charge in [0.25, 0.3) is 5.91 Å². The van der Waals surface area contributed by atoms with Crippen LogP contribution in [0, 0.1) is 0 Å². The van der Waals surface area contributed by atoms with Gasteiger partial charge in [-0.25, -0.2) is 5.48 Å². The SMILES string of the molecule is COc1nc(N(C)C)ccc1-c1cc2c(C(=O)NOC(C)C)c[nH]c2cc1Cl. The van der Waals surface area contributed by atoms with Gasteiger partial charge in [-0.3, -0.25) is 9.63 Å². The minimum absolute atomic E-state index is 0.121. The van der Waals surface area contributed by atoms with Crippen molar-refractivity contribution < 1.29 is 14.4 Å². The highest BCUT2D eigenvalue weighted by molar-refractivity contribution is 6.34. The van der Waals surface area contributed by atoms with Crippen LogP contribution in [0.3, 0.4) is 0 Å². The Hall–Kier alpha value is -2.77. The number of pyridine rings is 1. The second kappa shape index (κ2) is 8.08. The van der Waals surface area contributed by atoms with Gasteiger partial charge in [-0.05, 0) is 38.1 Å². The van der Waals surface area contributed by atoms with E-state index in [1.165, 1.54) is 0 Å². The Balaban J connectivity index is 2.08. The summed E-state index contributed by atoms with van der Waals surface area (Å²) in [6.45, 7) is 3.67. The Morgan fingerprint density at radius 1 is 1.25 bits per heavy atom. The number of fused-ring (bicyclic) bond motifs is 1. The lowest BCUT2D eigenvalue weighted by Gasteiger charge is -2.15. The lowest BCUT2D eigenvalue weighted by molar-refractivity contribution is 0.000302. The van der Waals surface area contributed by atoms with Gasteiger partial charge in [-0.1, -0.05) is 11.6 Å². The molecule has 1 amide bonds. The smallest absolute Gasteiger partial charge is 0.277 e. The van der Waals surface area contributed by atoms with Crippen molar-refractivity contribution in [2.24, 2.45) is 0 Å². The first kappa shape index (κ1) is 20.0. The normalized spacial score (nSPS) is 11.1. The molecule has 0 atom stereocenters. The molecule has 28 heavy (non-hydrogen) atoms. The van der Waals surface area contributed by atoms with Crippen molar-refractivity contribution in [1.29, 1.82) is 0 Å². The lowest BCUT2D eigenvalue weighted by Crippen LogP contribution is -2.26. The molecule has 0 aliphatic carbocycles. The molecule has 0 bridgehead atoms. The first-order valence-corrected chi connectivity index (χ1v) is 9.19. The van der Waals surface area contributed by atoms with E-state index < -0.39 is 0 Å². The number of hydrogen-bond acceptors (Lipinski definition) is 5. The molecule has 0 radical (unpaired) electrons. The van der Waals surface area contributed by atoms with Crippen molar-refractivity contribution >= 4 is 34.2 Å². The van der Waals surface area contributed by atoms with Crippen LogP contribution < -0.4 is 15.1 Å². The number of benzene rings is 1. The zero-order valence-corrected chi connectivity index (χ0v) is 17.2. The number of nitrogens with one attached hydrogen (secondary N) is 2. The largest absolute Gasteiger partial charge is 0.480 e. The maximum Gasteiger partial charge on any atom is 0.277 e. The van der Waals surface area contributed by atoms with Gasteiger partial charge in [-0.15, -0.1) is 0 Å². The van der Waals surface area contributed by atoms with Crippen LogP contribution in [0.1, 0.15) is 24.2 Å². The van der Waals surface area contributed by atoms with Crippen molar-refractivity contribution in [2.75, 3.05) is 26.1 Å². The lowest BCUT2D eigenvalue weighted by atomic mass is 10.0. The molecule has 0 saturated carbocycles. The van der Waals surface area contributed by atoms with E-state index in [1.807, 2.05) is 51.0 Å². The summed E-state index contributed by atoms with van der Waals surface area (Å²) in [7, 11) is 5.38. The number of halogens is 1. The predicted molar refractivity (Wildman–Crippen MR) is 111 cm³/mol. The zero-order valence-electron chi connectivity index (χ0n) is 16.5. The number of aromatic nitrogens is 2. The maximum absolute atomic E-state index is 12.5.